The standard InChI is InChI=1S/C29H35N7OS/c37-29(36-15-13-34(14-16-36)22-3-1-2-4-22)35-11-8-20(9-12-35)26-18-23-24(7-10-30-28(23)33-26)32-21-5-6-25-27(17-21)38-19-31-25/h5-8,10,17,19,22,26H,1-4,9,11-16,18H2,(H2,30,32,33). The summed E-state index contributed by atoms with van der Waals surface area (Å²) in [6.45, 7) is 5.25. The summed E-state index contributed by atoms with van der Waals surface area (Å²) in [7, 11) is 0. The number of thiazole rings is 1. The normalized spacial score (nSPS) is 22.4. The van der Waals surface area contributed by atoms with E-state index in [-0.39, 0.29) is 12.1 Å². The number of pyridine rings is 1. The van der Waals surface area contributed by atoms with E-state index >= 15 is 0 Å². The lowest BCUT2D eigenvalue weighted by Crippen LogP contribution is -2.55. The van der Waals surface area contributed by atoms with Gasteiger partial charge in [-0.3, -0.25) is 4.90 Å². The Kier molecular flexibility index (Phi) is 6.41. The molecule has 2 amide bonds. The predicted molar refractivity (Wildman–Crippen MR) is 153 cm³/mol. The van der Waals surface area contributed by atoms with E-state index in [1.54, 1.807) is 11.3 Å². The first-order valence-corrected chi connectivity index (χ1v) is 14.9. The number of piperazine rings is 1. The summed E-state index contributed by atoms with van der Waals surface area (Å²) in [5.74, 6) is 0.957. The number of nitrogens with one attached hydrogen (secondary N) is 2. The van der Waals surface area contributed by atoms with Gasteiger partial charge in [-0.05, 0) is 49.1 Å². The maximum Gasteiger partial charge on any atom is 0.320 e. The maximum atomic E-state index is 13.2. The van der Waals surface area contributed by atoms with E-state index in [0.29, 0.717) is 6.54 Å². The monoisotopic (exact) mass is 529 g/mol. The number of hydrogen-bond acceptors (Lipinski definition) is 7. The van der Waals surface area contributed by atoms with Crippen LogP contribution in [-0.2, 0) is 6.42 Å². The number of amides is 2. The SMILES string of the molecule is O=C(N1CC=C(C2Cc3c(Nc4ccc5ncsc5c4)ccnc3N2)CC1)N1CCN(C2CCCC2)CC1. The smallest absolute Gasteiger partial charge is 0.320 e. The molecule has 2 fully saturated rings. The van der Waals surface area contributed by atoms with Gasteiger partial charge < -0.3 is 20.4 Å². The van der Waals surface area contributed by atoms with Gasteiger partial charge in [0.25, 0.3) is 0 Å². The van der Waals surface area contributed by atoms with Gasteiger partial charge in [-0.2, -0.15) is 0 Å². The summed E-state index contributed by atoms with van der Waals surface area (Å²) in [4.78, 5) is 29.0. The molecular weight excluding hydrogens is 494 g/mol. The minimum Gasteiger partial charge on any atom is -0.363 e. The Bertz CT molecular complexity index is 1360. The second-order valence-corrected chi connectivity index (χ2v) is 11.9. The molecule has 0 spiro atoms. The lowest BCUT2D eigenvalue weighted by atomic mass is 9.97. The minimum atomic E-state index is 0.208. The Labute approximate surface area is 227 Å². The zero-order valence-corrected chi connectivity index (χ0v) is 22.6. The van der Waals surface area contributed by atoms with E-state index in [0.717, 1.165) is 74.3 Å². The van der Waals surface area contributed by atoms with Gasteiger partial charge in [0, 0.05) is 74.9 Å². The summed E-state index contributed by atoms with van der Waals surface area (Å²) in [5, 5.41) is 7.25. The molecule has 38 heavy (non-hydrogen) atoms. The maximum absolute atomic E-state index is 13.2. The third kappa shape index (κ3) is 4.62. The van der Waals surface area contributed by atoms with Crippen LogP contribution in [0, 0.1) is 0 Å². The third-order valence-electron chi connectivity index (χ3n) is 8.77. The number of anilines is 3. The molecule has 1 unspecified atom stereocenters. The highest BCUT2D eigenvalue weighted by molar-refractivity contribution is 7.16. The van der Waals surface area contributed by atoms with Crippen LogP contribution in [0.5, 0.6) is 0 Å². The second kappa shape index (κ2) is 10.2. The number of carbonyl (C=O) groups is 1. The lowest BCUT2D eigenvalue weighted by Gasteiger charge is -2.40. The van der Waals surface area contributed by atoms with Crippen LogP contribution in [-0.4, -0.2) is 82.1 Å². The van der Waals surface area contributed by atoms with E-state index in [1.807, 2.05) is 16.6 Å². The van der Waals surface area contributed by atoms with Gasteiger partial charge in [-0.25, -0.2) is 14.8 Å². The van der Waals surface area contributed by atoms with Crippen molar-refractivity contribution < 1.29 is 4.79 Å². The Hall–Kier alpha value is -3.17. The van der Waals surface area contributed by atoms with Crippen molar-refractivity contribution in [2.75, 3.05) is 49.9 Å². The van der Waals surface area contributed by atoms with Crippen LogP contribution in [0.15, 0.2) is 47.6 Å². The van der Waals surface area contributed by atoms with Crippen molar-refractivity contribution in [2.45, 2.75) is 50.6 Å². The summed E-state index contributed by atoms with van der Waals surface area (Å²) in [5.41, 5.74) is 7.69. The number of fused-ring (bicyclic) bond motifs is 2. The summed E-state index contributed by atoms with van der Waals surface area (Å²) < 4.78 is 1.18. The topological polar surface area (TPSA) is 76.6 Å². The highest BCUT2D eigenvalue weighted by atomic mass is 32.1. The number of nitrogens with zero attached hydrogens (tertiary/aromatic N) is 5. The van der Waals surface area contributed by atoms with E-state index in [2.05, 4.69) is 60.7 Å². The van der Waals surface area contributed by atoms with Crippen molar-refractivity contribution in [1.82, 2.24) is 24.7 Å². The molecule has 1 aliphatic carbocycles. The number of urea groups is 1. The van der Waals surface area contributed by atoms with Crippen molar-refractivity contribution in [1.29, 1.82) is 0 Å². The average Bonchev–Trinajstić information content (AvgIpc) is 3.74. The van der Waals surface area contributed by atoms with Crippen LogP contribution in [0.1, 0.15) is 37.7 Å². The fraction of sp³-hybridized carbons (Fsp3) is 0.483. The molecule has 0 radical (unpaired) electrons. The molecule has 8 nitrogen and oxygen atoms in total. The van der Waals surface area contributed by atoms with Crippen LogP contribution >= 0.6 is 11.3 Å². The van der Waals surface area contributed by atoms with Crippen molar-refractivity contribution in [3.05, 3.63) is 53.2 Å². The first-order valence-electron chi connectivity index (χ1n) is 14.0. The molecule has 0 bridgehead atoms. The Morgan fingerprint density at radius 3 is 2.71 bits per heavy atom. The van der Waals surface area contributed by atoms with Gasteiger partial charge in [-0.15, -0.1) is 11.3 Å². The Balaban J connectivity index is 0.966. The molecule has 2 N–H and O–H groups in total. The van der Waals surface area contributed by atoms with Crippen LogP contribution in [0.3, 0.4) is 0 Å². The molecule has 1 saturated heterocycles. The lowest BCUT2D eigenvalue weighted by molar-refractivity contribution is 0.0931. The molecule has 1 atom stereocenters. The molecule has 7 rings (SSSR count). The van der Waals surface area contributed by atoms with Crippen LogP contribution in [0.25, 0.3) is 10.2 Å². The third-order valence-corrected chi connectivity index (χ3v) is 9.57. The molecule has 4 aliphatic rings. The van der Waals surface area contributed by atoms with E-state index < -0.39 is 0 Å². The number of aromatic nitrogens is 2. The van der Waals surface area contributed by atoms with Gasteiger partial charge in [0.05, 0.1) is 21.8 Å². The van der Waals surface area contributed by atoms with Gasteiger partial charge in [0.1, 0.15) is 5.82 Å². The van der Waals surface area contributed by atoms with Crippen molar-refractivity contribution >= 4 is 44.8 Å². The zero-order valence-electron chi connectivity index (χ0n) is 21.7. The molecule has 3 aliphatic heterocycles. The van der Waals surface area contributed by atoms with E-state index in [4.69, 9.17) is 0 Å². The predicted octanol–water partition coefficient (Wildman–Crippen LogP) is 5.08. The summed E-state index contributed by atoms with van der Waals surface area (Å²) in [6.07, 6.45) is 11.3. The molecule has 9 heteroatoms. The molecule has 1 aromatic carbocycles. The van der Waals surface area contributed by atoms with Crippen LogP contribution < -0.4 is 10.6 Å². The molecule has 1 saturated carbocycles. The van der Waals surface area contributed by atoms with Crippen molar-refractivity contribution in [3.8, 4) is 0 Å². The number of hydrogen-bond donors (Lipinski definition) is 2. The highest BCUT2D eigenvalue weighted by Gasteiger charge is 2.32. The molecular formula is C29H35N7OS. The van der Waals surface area contributed by atoms with Gasteiger partial charge in [-0.1, -0.05) is 18.9 Å². The summed E-state index contributed by atoms with van der Waals surface area (Å²) >= 11 is 1.66. The highest BCUT2D eigenvalue weighted by Crippen LogP contribution is 2.36. The Morgan fingerprint density at radius 1 is 1.03 bits per heavy atom. The second-order valence-electron chi connectivity index (χ2n) is 11.0. The van der Waals surface area contributed by atoms with E-state index in [1.165, 1.54) is 41.5 Å². The van der Waals surface area contributed by atoms with E-state index in [9.17, 15) is 4.79 Å². The Morgan fingerprint density at radius 2 is 1.89 bits per heavy atom. The fourth-order valence-corrected chi connectivity index (χ4v) is 7.31. The summed E-state index contributed by atoms with van der Waals surface area (Å²) in [6, 6.07) is 9.55. The number of benzene rings is 1. The molecule has 2 aromatic heterocycles. The first kappa shape index (κ1) is 23.9. The fourth-order valence-electron chi connectivity index (χ4n) is 6.60. The quantitative estimate of drug-likeness (QED) is 0.459. The average molecular weight is 530 g/mol. The molecule has 5 heterocycles. The van der Waals surface area contributed by atoms with Crippen LogP contribution in [0.2, 0.25) is 0 Å². The van der Waals surface area contributed by atoms with Gasteiger partial charge in [0.2, 0.25) is 0 Å². The van der Waals surface area contributed by atoms with Crippen molar-refractivity contribution in [3.63, 3.8) is 0 Å². The molecule has 3 aromatic rings. The first-order chi connectivity index (χ1) is 18.7. The zero-order chi connectivity index (χ0) is 25.5. The minimum absolute atomic E-state index is 0.208. The molecule has 198 valence electrons. The number of carbonyl (C=O) groups excluding carboxylic acids is 1. The largest absolute Gasteiger partial charge is 0.363 e. The van der Waals surface area contributed by atoms with Crippen molar-refractivity contribution in [2.24, 2.45) is 0 Å². The number of rotatable bonds is 4. The van der Waals surface area contributed by atoms with Crippen LogP contribution in [0.4, 0.5) is 22.0 Å². The van der Waals surface area contributed by atoms with Gasteiger partial charge in [0.15, 0.2) is 0 Å². The van der Waals surface area contributed by atoms with Gasteiger partial charge >= 0.3 is 6.03 Å².